The number of fused-ring (bicyclic) bond motifs is 1. The quantitative estimate of drug-likeness (QED) is 0.702. The van der Waals surface area contributed by atoms with E-state index >= 15 is 0 Å². The number of anilines is 2. The number of nitrogens with zero attached hydrogens (tertiary/aromatic N) is 4. The van der Waals surface area contributed by atoms with Crippen molar-refractivity contribution in [2.24, 2.45) is 0 Å². The Kier molecular flexibility index (Phi) is 4.91. The second kappa shape index (κ2) is 7.50. The van der Waals surface area contributed by atoms with Gasteiger partial charge >= 0.3 is 0 Å². The topological polar surface area (TPSA) is 81.6 Å². The number of carbonyl (C=O) groups excluding carboxylic acids is 1. The number of aliphatic hydroxyl groups excluding tert-OH is 1. The van der Waals surface area contributed by atoms with Crippen LogP contribution in [0.5, 0.6) is 0 Å². The van der Waals surface area contributed by atoms with Crippen molar-refractivity contribution in [2.45, 2.75) is 6.10 Å². The molecule has 1 aliphatic heterocycles. The molecule has 3 heterocycles. The lowest BCUT2D eigenvalue weighted by Gasteiger charge is -2.32. The molecule has 1 amide bonds. The number of thiophene rings is 1. The third-order valence-electron chi connectivity index (χ3n) is 4.68. The zero-order valence-corrected chi connectivity index (χ0v) is 15.8. The molecular formula is C19H21N5O2S. The molecule has 1 atom stereocenters. The molecule has 2 aromatic heterocycles. The molecule has 8 heteroatoms. The van der Waals surface area contributed by atoms with Gasteiger partial charge in [0.25, 0.3) is 0 Å². The van der Waals surface area contributed by atoms with Crippen LogP contribution >= 0.6 is 11.3 Å². The van der Waals surface area contributed by atoms with Gasteiger partial charge in [-0.2, -0.15) is 0 Å². The fraction of sp³-hybridized carbons (Fsp3) is 0.316. The van der Waals surface area contributed by atoms with E-state index in [0.717, 1.165) is 21.5 Å². The van der Waals surface area contributed by atoms with Gasteiger partial charge in [0.15, 0.2) is 0 Å². The third kappa shape index (κ3) is 3.86. The first-order valence-electron chi connectivity index (χ1n) is 8.81. The second-order valence-corrected chi connectivity index (χ2v) is 7.70. The number of piperazine rings is 1. The molecule has 1 fully saturated rings. The first-order valence-corrected chi connectivity index (χ1v) is 9.63. The van der Waals surface area contributed by atoms with Crippen LogP contribution in [0.4, 0.5) is 11.6 Å². The Morgan fingerprint density at radius 3 is 2.93 bits per heavy atom. The van der Waals surface area contributed by atoms with E-state index in [2.05, 4.69) is 21.4 Å². The van der Waals surface area contributed by atoms with Gasteiger partial charge in [-0.15, -0.1) is 11.3 Å². The van der Waals surface area contributed by atoms with E-state index in [-0.39, 0.29) is 5.91 Å². The van der Waals surface area contributed by atoms with E-state index in [1.165, 1.54) is 6.33 Å². The molecule has 4 rings (SSSR count). The summed E-state index contributed by atoms with van der Waals surface area (Å²) in [5.41, 5.74) is 0. The first kappa shape index (κ1) is 17.7. The van der Waals surface area contributed by atoms with Gasteiger partial charge < -0.3 is 20.2 Å². The molecule has 0 bridgehead atoms. The van der Waals surface area contributed by atoms with Crippen molar-refractivity contribution < 1.29 is 9.90 Å². The van der Waals surface area contributed by atoms with E-state index in [0.29, 0.717) is 31.3 Å². The predicted molar refractivity (Wildman–Crippen MR) is 107 cm³/mol. The highest BCUT2D eigenvalue weighted by Gasteiger charge is 2.22. The van der Waals surface area contributed by atoms with Crippen molar-refractivity contribution in [3.8, 4) is 0 Å². The molecule has 2 N–H and O–H groups in total. The average molecular weight is 383 g/mol. The van der Waals surface area contributed by atoms with E-state index < -0.39 is 6.10 Å². The second-order valence-electron chi connectivity index (χ2n) is 6.58. The Labute approximate surface area is 161 Å². The summed E-state index contributed by atoms with van der Waals surface area (Å²) in [4.78, 5) is 25.0. The zero-order chi connectivity index (χ0) is 18.8. The summed E-state index contributed by atoms with van der Waals surface area (Å²) in [5.74, 6) is 1.42. The number of carbonyl (C=O) groups is 1. The molecule has 7 nitrogen and oxygen atoms in total. The lowest BCUT2D eigenvalue weighted by atomic mass is 10.2. The Morgan fingerprint density at radius 2 is 2.11 bits per heavy atom. The van der Waals surface area contributed by atoms with Crippen molar-refractivity contribution >= 4 is 39.0 Å². The molecule has 27 heavy (non-hydrogen) atoms. The Bertz CT molecular complexity index is 927. The number of benzene rings is 1. The SMILES string of the molecule is CN1CCN(c2cc(NCC(O)c3cc4ccccc4s3)ncn2)CC1=O. The van der Waals surface area contributed by atoms with Crippen molar-refractivity contribution in [1.29, 1.82) is 0 Å². The number of aromatic nitrogens is 2. The summed E-state index contributed by atoms with van der Waals surface area (Å²) in [7, 11) is 1.81. The predicted octanol–water partition coefficient (Wildman–Crippen LogP) is 2.12. The zero-order valence-electron chi connectivity index (χ0n) is 15.0. The number of rotatable bonds is 5. The lowest BCUT2D eigenvalue weighted by molar-refractivity contribution is -0.129. The van der Waals surface area contributed by atoms with E-state index in [1.54, 1.807) is 16.2 Å². The minimum Gasteiger partial charge on any atom is -0.386 e. The van der Waals surface area contributed by atoms with Crippen LogP contribution in [0.3, 0.4) is 0 Å². The van der Waals surface area contributed by atoms with E-state index in [1.807, 2.05) is 42.3 Å². The van der Waals surface area contributed by atoms with Gasteiger partial charge in [-0.1, -0.05) is 18.2 Å². The van der Waals surface area contributed by atoms with Crippen LogP contribution < -0.4 is 10.2 Å². The highest BCUT2D eigenvalue weighted by molar-refractivity contribution is 7.19. The maximum Gasteiger partial charge on any atom is 0.241 e. The van der Waals surface area contributed by atoms with Crippen LogP contribution in [0.1, 0.15) is 11.0 Å². The lowest BCUT2D eigenvalue weighted by Crippen LogP contribution is -2.48. The van der Waals surface area contributed by atoms with Gasteiger partial charge in [0.05, 0.1) is 6.54 Å². The number of hydrogen-bond donors (Lipinski definition) is 2. The van der Waals surface area contributed by atoms with Crippen LogP contribution in [0, 0.1) is 0 Å². The van der Waals surface area contributed by atoms with Crippen LogP contribution in [0.25, 0.3) is 10.1 Å². The highest BCUT2D eigenvalue weighted by Crippen LogP contribution is 2.30. The molecule has 3 aromatic rings. The van der Waals surface area contributed by atoms with E-state index in [4.69, 9.17) is 0 Å². The van der Waals surface area contributed by atoms with Crippen molar-refractivity contribution in [2.75, 3.05) is 43.4 Å². The number of hydrogen-bond acceptors (Lipinski definition) is 7. The molecule has 140 valence electrons. The summed E-state index contributed by atoms with van der Waals surface area (Å²) >= 11 is 1.59. The molecular weight excluding hydrogens is 362 g/mol. The molecule has 1 saturated heterocycles. The van der Waals surface area contributed by atoms with Gasteiger partial charge in [0.1, 0.15) is 24.1 Å². The summed E-state index contributed by atoms with van der Waals surface area (Å²) < 4.78 is 1.16. The largest absolute Gasteiger partial charge is 0.386 e. The van der Waals surface area contributed by atoms with Gasteiger partial charge in [-0.05, 0) is 17.5 Å². The summed E-state index contributed by atoms with van der Waals surface area (Å²) in [6.07, 6.45) is 0.859. The normalized spacial score (nSPS) is 16.0. The summed E-state index contributed by atoms with van der Waals surface area (Å²) in [6.45, 7) is 2.08. The van der Waals surface area contributed by atoms with Gasteiger partial charge in [-0.3, -0.25) is 4.79 Å². The van der Waals surface area contributed by atoms with Crippen LogP contribution in [-0.4, -0.2) is 59.1 Å². The van der Waals surface area contributed by atoms with Crippen molar-refractivity contribution in [3.05, 3.63) is 47.6 Å². The molecule has 0 aliphatic carbocycles. The standard InChI is InChI=1S/C19H21N5O2S/c1-23-6-7-24(11-19(23)26)18-9-17(21-12-22-18)20-10-14(25)16-8-13-4-2-3-5-15(13)27-16/h2-5,8-9,12,14,25H,6-7,10-11H2,1H3,(H,20,21,22). The van der Waals surface area contributed by atoms with Crippen molar-refractivity contribution in [1.82, 2.24) is 14.9 Å². The van der Waals surface area contributed by atoms with Gasteiger partial charge in [0.2, 0.25) is 5.91 Å². The fourth-order valence-electron chi connectivity index (χ4n) is 3.04. The highest BCUT2D eigenvalue weighted by atomic mass is 32.1. The van der Waals surface area contributed by atoms with Crippen molar-refractivity contribution in [3.63, 3.8) is 0 Å². The van der Waals surface area contributed by atoms with E-state index in [9.17, 15) is 9.90 Å². The molecule has 1 unspecified atom stereocenters. The minimum atomic E-state index is -0.619. The Morgan fingerprint density at radius 1 is 1.26 bits per heavy atom. The van der Waals surface area contributed by atoms with Crippen LogP contribution in [0.15, 0.2) is 42.7 Å². The molecule has 0 spiro atoms. The number of aliphatic hydroxyl groups is 1. The summed E-state index contributed by atoms with van der Waals surface area (Å²) in [5, 5.41) is 14.8. The molecule has 1 aromatic carbocycles. The maximum absolute atomic E-state index is 11.9. The van der Waals surface area contributed by atoms with Gasteiger partial charge in [0, 0.05) is 42.3 Å². The number of likely N-dealkylation sites (N-methyl/N-ethyl adjacent to an activating group) is 1. The molecule has 1 aliphatic rings. The Hall–Kier alpha value is -2.71. The van der Waals surface area contributed by atoms with Gasteiger partial charge in [-0.25, -0.2) is 9.97 Å². The fourth-order valence-corrected chi connectivity index (χ4v) is 4.09. The molecule has 0 saturated carbocycles. The first-order chi connectivity index (χ1) is 13.1. The van der Waals surface area contributed by atoms with Crippen LogP contribution in [-0.2, 0) is 4.79 Å². The van der Waals surface area contributed by atoms with Crippen LogP contribution in [0.2, 0.25) is 0 Å². The summed E-state index contributed by atoms with van der Waals surface area (Å²) in [6, 6.07) is 11.9. The average Bonchev–Trinajstić information content (AvgIpc) is 3.13. The number of amides is 1. The minimum absolute atomic E-state index is 0.0783. The maximum atomic E-state index is 11.9. The Balaban J connectivity index is 1.41. The molecule has 0 radical (unpaired) electrons. The number of nitrogens with one attached hydrogen (secondary N) is 1. The third-order valence-corrected chi connectivity index (χ3v) is 5.90. The monoisotopic (exact) mass is 383 g/mol. The smallest absolute Gasteiger partial charge is 0.241 e.